The zero-order chi connectivity index (χ0) is 13.4. The maximum absolute atomic E-state index is 5.93. The summed E-state index contributed by atoms with van der Waals surface area (Å²) in [6.07, 6.45) is 2.36. The van der Waals surface area contributed by atoms with E-state index in [4.69, 9.17) is 11.6 Å². The molecular weight excluding hydrogens is 242 g/mol. The lowest BCUT2D eigenvalue weighted by molar-refractivity contribution is 0.308. The third-order valence-corrected chi connectivity index (χ3v) is 3.03. The minimum Gasteiger partial charge on any atom is -0.292 e. The Balaban J connectivity index is 2.63. The van der Waals surface area contributed by atoms with Crippen molar-refractivity contribution >= 4 is 11.6 Å². The Morgan fingerprint density at radius 2 is 1.83 bits per heavy atom. The Bertz CT molecular complexity index is 422. The smallest absolute Gasteiger partial charge is 0.0605 e. The molecule has 1 aromatic carbocycles. The van der Waals surface area contributed by atoms with Gasteiger partial charge in [0.25, 0.3) is 0 Å². The number of hydrogen-bond donors (Lipinski definition) is 0. The van der Waals surface area contributed by atoms with Gasteiger partial charge in [0.15, 0.2) is 0 Å². The largest absolute Gasteiger partial charge is 0.292 e. The molecule has 0 unspecified atom stereocenters. The van der Waals surface area contributed by atoms with Crippen molar-refractivity contribution in [3.05, 3.63) is 34.3 Å². The van der Waals surface area contributed by atoms with Gasteiger partial charge in [-0.05, 0) is 56.6 Å². The van der Waals surface area contributed by atoms with Gasteiger partial charge in [-0.15, -0.1) is 0 Å². The van der Waals surface area contributed by atoms with Crippen molar-refractivity contribution in [2.45, 2.75) is 33.6 Å². The van der Waals surface area contributed by atoms with E-state index in [9.17, 15) is 0 Å². The predicted molar refractivity (Wildman–Crippen MR) is 80.1 cm³/mol. The van der Waals surface area contributed by atoms with E-state index in [-0.39, 0.29) is 0 Å². The van der Waals surface area contributed by atoms with Crippen molar-refractivity contribution in [3.63, 3.8) is 0 Å². The SMILES string of the molecule is CCCN(CC#Cc1ccc(Cl)cc1C)CCC. The molecule has 0 aliphatic rings. The van der Waals surface area contributed by atoms with Crippen molar-refractivity contribution in [1.29, 1.82) is 0 Å². The highest BCUT2D eigenvalue weighted by Gasteiger charge is 1.99. The minimum atomic E-state index is 0.775. The second kappa shape index (κ2) is 8.19. The highest BCUT2D eigenvalue weighted by molar-refractivity contribution is 6.30. The topological polar surface area (TPSA) is 3.24 Å². The Kier molecular flexibility index (Phi) is 6.86. The van der Waals surface area contributed by atoms with Crippen molar-refractivity contribution < 1.29 is 0 Å². The Labute approximate surface area is 116 Å². The number of hydrogen-bond acceptors (Lipinski definition) is 1. The van der Waals surface area contributed by atoms with E-state index in [1.807, 2.05) is 25.1 Å². The maximum Gasteiger partial charge on any atom is 0.0605 e. The molecule has 2 heteroatoms. The van der Waals surface area contributed by atoms with Crippen LogP contribution in [0.25, 0.3) is 0 Å². The summed E-state index contributed by atoms with van der Waals surface area (Å²) in [4.78, 5) is 2.40. The lowest BCUT2D eigenvalue weighted by Gasteiger charge is -2.17. The van der Waals surface area contributed by atoms with Crippen LogP contribution in [0, 0.1) is 18.8 Å². The Hall–Kier alpha value is -0.970. The van der Waals surface area contributed by atoms with Gasteiger partial charge in [-0.2, -0.15) is 0 Å². The fraction of sp³-hybridized carbons (Fsp3) is 0.500. The molecule has 0 radical (unpaired) electrons. The molecule has 1 nitrogen and oxygen atoms in total. The molecule has 1 aromatic rings. The van der Waals surface area contributed by atoms with Gasteiger partial charge in [-0.3, -0.25) is 4.90 Å². The molecular formula is C16H22ClN. The van der Waals surface area contributed by atoms with Gasteiger partial charge in [-0.25, -0.2) is 0 Å². The van der Waals surface area contributed by atoms with Gasteiger partial charge in [0.1, 0.15) is 0 Å². The van der Waals surface area contributed by atoms with Crippen LogP contribution < -0.4 is 0 Å². The standard InChI is InChI=1S/C16H22ClN/c1-4-10-18(11-5-2)12-6-7-15-8-9-16(17)13-14(15)3/h8-9,13H,4-5,10-12H2,1-3H3. The summed E-state index contributed by atoms with van der Waals surface area (Å²) in [5.41, 5.74) is 2.22. The van der Waals surface area contributed by atoms with Crippen LogP contribution in [0.1, 0.15) is 37.8 Å². The molecule has 18 heavy (non-hydrogen) atoms. The molecule has 0 fully saturated rings. The molecule has 0 saturated heterocycles. The zero-order valence-corrected chi connectivity index (χ0v) is 12.3. The third-order valence-electron chi connectivity index (χ3n) is 2.79. The van der Waals surface area contributed by atoms with Gasteiger partial charge in [0, 0.05) is 10.6 Å². The number of benzene rings is 1. The molecule has 0 N–H and O–H groups in total. The lowest BCUT2D eigenvalue weighted by atomic mass is 10.1. The van der Waals surface area contributed by atoms with E-state index >= 15 is 0 Å². The summed E-state index contributed by atoms with van der Waals surface area (Å²) in [7, 11) is 0. The first-order chi connectivity index (χ1) is 8.67. The van der Waals surface area contributed by atoms with Crippen molar-refractivity contribution in [2.24, 2.45) is 0 Å². The number of rotatable bonds is 5. The van der Waals surface area contributed by atoms with Crippen LogP contribution in [0.5, 0.6) is 0 Å². The fourth-order valence-electron chi connectivity index (χ4n) is 1.92. The first kappa shape index (κ1) is 15.1. The Morgan fingerprint density at radius 3 is 2.39 bits per heavy atom. The van der Waals surface area contributed by atoms with Gasteiger partial charge in [-0.1, -0.05) is 37.3 Å². The first-order valence-electron chi connectivity index (χ1n) is 6.64. The summed E-state index contributed by atoms with van der Waals surface area (Å²) in [6, 6.07) is 5.85. The van der Waals surface area contributed by atoms with Crippen LogP contribution in [-0.2, 0) is 0 Å². The summed E-state index contributed by atoms with van der Waals surface area (Å²) in [5.74, 6) is 6.50. The first-order valence-corrected chi connectivity index (χ1v) is 7.02. The number of aryl methyl sites for hydroxylation is 1. The normalized spacial score (nSPS) is 10.3. The van der Waals surface area contributed by atoms with E-state index in [2.05, 4.69) is 30.6 Å². The second-order valence-electron chi connectivity index (χ2n) is 4.54. The minimum absolute atomic E-state index is 0.775. The van der Waals surface area contributed by atoms with Crippen LogP contribution >= 0.6 is 11.6 Å². The van der Waals surface area contributed by atoms with Gasteiger partial charge in [0.05, 0.1) is 6.54 Å². The molecule has 0 amide bonds. The molecule has 0 spiro atoms. The van der Waals surface area contributed by atoms with Crippen LogP contribution in [-0.4, -0.2) is 24.5 Å². The Morgan fingerprint density at radius 1 is 1.17 bits per heavy atom. The van der Waals surface area contributed by atoms with Gasteiger partial charge in [0.2, 0.25) is 0 Å². The van der Waals surface area contributed by atoms with E-state index in [1.54, 1.807) is 0 Å². The molecule has 0 bridgehead atoms. The molecule has 0 aromatic heterocycles. The van der Waals surface area contributed by atoms with E-state index < -0.39 is 0 Å². The fourth-order valence-corrected chi connectivity index (χ4v) is 2.14. The van der Waals surface area contributed by atoms with Crippen molar-refractivity contribution in [3.8, 4) is 11.8 Å². The van der Waals surface area contributed by atoms with Crippen LogP contribution in [0.2, 0.25) is 5.02 Å². The number of halogens is 1. The molecule has 0 atom stereocenters. The monoisotopic (exact) mass is 263 g/mol. The molecule has 0 saturated carbocycles. The molecule has 0 aliphatic heterocycles. The predicted octanol–water partition coefficient (Wildman–Crippen LogP) is 4.12. The average Bonchev–Trinajstić information content (AvgIpc) is 2.32. The molecule has 1 rings (SSSR count). The van der Waals surface area contributed by atoms with Gasteiger partial charge < -0.3 is 0 Å². The second-order valence-corrected chi connectivity index (χ2v) is 4.97. The third kappa shape index (κ3) is 5.12. The maximum atomic E-state index is 5.93. The van der Waals surface area contributed by atoms with Crippen molar-refractivity contribution in [2.75, 3.05) is 19.6 Å². The molecule has 0 heterocycles. The van der Waals surface area contributed by atoms with E-state index in [1.165, 1.54) is 12.8 Å². The molecule has 98 valence electrons. The average molecular weight is 264 g/mol. The van der Waals surface area contributed by atoms with E-state index in [0.717, 1.165) is 35.8 Å². The lowest BCUT2D eigenvalue weighted by Crippen LogP contribution is -2.25. The summed E-state index contributed by atoms with van der Waals surface area (Å²) >= 11 is 5.93. The van der Waals surface area contributed by atoms with Crippen LogP contribution in [0.15, 0.2) is 18.2 Å². The summed E-state index contributed by atoms with van der Waals surface area (Å²) in [5, 5.41) is 0.775. The van der Waals surface area contributed by atoms with Crippen LogP contribution in [0.4, 0.5) is 0 Å². The summed E-state index contributed by atoms with van der Waals surface area (Å²) in [6.45, 7) is 9.57. The van der Waals surface area contributed by atoms with Crippen molar-refractivity contribution in [1.82, 2.24) is 4.90 Å². The van der Waals surface area contributed by atoms with E-state index in [0.29, 0.717) is 0 Å². The summed E-state index contributed by atoms with van der Waals surface area (Å²) < 4.78 is 0. The highest BCUT2D eigenvalue weighted by Crippen LogP contribution is 2.13. The van der Waals surface area contributed by atoms with Crippen LogP contribution in [0.3, 0.4) is 0 Å². The number of nitrogens with zero attached hydrogens (tertiary/aromatic N) is 1. The zero-order valence-electron chi connectivity index (χ0n) is 11.6. The van der Waals surface area contributed by atoms with Gasteiger partial charge >= 0.3 is 0 Å². The highest BCUT2D eigenvalue weighted by atomic mass is 35.5. The molecule has 0 aliphatic carbocycles. The quantitative estimate of drug-likeness (QED) is 0.723.